The summed E-state index contributed by atoms with van der Waals surface area (Å²) in [7, 11) is 0. The fraction of sp³-hybridized carbons (Fsp3) is 0.462. The molecule has 0 radical (unpaired) electrons. The lowest BCUT2D eigenvalue weighted by atomic mass is 10.00. The minimum atomic E-state index is 0.489. The largest absolute Gasteiger partial charge is 0.356 e. The summed E-state index contributed by atoms with van der Waals surface area (Å²) in [6.07, 6.45) is 2.32. The number of rotatable bonds is 1. The highest BCUT2D eigenvalue weighted by Gasteiger charge is 2.28. The average molecular weight is 294 g/mol. The Morgan fingerprint density at radius 3 is 2.94 bits per heavy atom. The zero-order chi connectivity index (χ0) is 11.7. The van der Waals surface area contributed by atoms with Crippen LogP contribution in [0.3, 0.4) is 0 Å². The highest BCUT2D eigenvalue weighted by molar-refractivity contribution is 9.10. The molecule has 0 bridgehead atoms. The van der Waals surface area contributed by atoms with Gasteiger partial charge in [0.1, 0.15) is 0 Å². The summed E-state index contributed by atoms with van der Waals surface area (Å²) in [5.41, 5.74) is 1.39. The molecule has 2 heterocycles. The monoisotopic (exact) mass is 293 g/mol. The third kappa shape index (κ3) is 2.18. The van der Waals surface area contributed by atoms with E-state index in [0.29, 0.717) is 6.04 Å². The molecule has 0 amide bonds. The molecule has 1 atom stereocenters. The maximum Gasteiger partial charge on any atom is 0.194 e. The van der Waals surface area contributed by atoms with Crippen molar-refractivity contribution in [2.45, 2.75) is 18.9 Å². The molecule has 17 heavy (non-hydrogen) atoms. The second kappa shape index (κ2) is 4.69. The van der Waals surface area contributed by atoms with Crippen molar-refractivity contribution >= 4 is 21.9 Å². The molecule has 2 aliphatic rings. The van der Waals surface area contributed by atoms with Crippen LogP contribution in [-0.2, 0) is 0 Å². The van der Waals surface area contributed by atoms with Gasteiger partial charge >= 0.3 is 0 Å². The van der Waals surface area contributed by atoms with Gasteiger partial charge in [-0.15, -0.1) is 0 Å². The van der Waals surface area contributed by atoms with Gasteiger partial charge in [-0.1, -0.05) is 28.1 Å². The first-order valence-electron chi connectivity index (χ1n) is 6.15. The summed E-state index contributed by atoms with van der Waals surface area (Å²) in [5, 5.41) is 3.40. The van der Waals surface area contributed by atoms with Gasteiger partial charge in [-0.25, -0.2) is 0 Å². The highest BCUT2D eigenvalue weighted by atomic mass is 79.9. The van der Waals surface area contributed by atoms with Gasteiger partial charge in [-0.05, 0) is 30.5 Å². The van der Waals surface area contributed by atoms with Crippen molar-refractivity contribution in [2.75, 3.05) is 19.6 Å². The summed E-state index contributed by atoms with van der Waals surface area (Å²) in [6.45, 7) is 3.11. The zero-order valence-electron chi connectivity index (χ0n) is 9.69. The first-order valence-corrected chi connectivity index (χ1v) is 6.94. The van der Waals surface area contributed by atoms with E-state index in [2.05, 4.69) is 55.4 Å². The molecule has 0 saturated carbocycles. The lowest BCUT2D eigenvalue weighted by Gasteiger charge is -2.41. The fourth-order valence-corrected chi connectivity index (χ4v) is 2.86. The molecule has 1 aromatic rings. The summed E-state index contributed by atoms with van der Waals surface area (Å²) < 4.78 is 1.14. The zero-order valence-corrected chi connectivity index (χ0v) is 11.3. The third-order valence-electron chi connectivity index (χ3n) is 3.42. The predicted molar refractivity (Wildman–Crippen MR) is 73.1 cm³/mol. The Morgan fingerprint density at radius 1 is 1.29 bits per heavy atom. The van der Waals surface area contributed by atoms with Crippen molar-refractivity contribution in [1.29, 1.82) is 0 Å². The van der Waals surface area contributed by atoms with Crippen molar-refractivity contribution in [2.24, 2.45) is 4.99 Å². The molecule has 3 nitrogen and oxygen atoms in total. The van der Waals surface area contributed by atoms with Crippen LogP contribution in [0.4, 0.5) is 0 Å². The number of nitrogens with one attached hydrogen (secondary N) is 1. The van der Waals surface area contributed by atoms with E-state index < -0.39 is 0 Å². The van der Waals surface area contributed by atoms with Gasteiger partial charge in [0.25, 0.3) is 0 Å². The average Bonchev–Trinajstić information content (AvgIpc) is 2.39. The Kier molecular flexibility index (Phi) is 3.05. The van der Waals surface area contributed by atoms with Crippen LogP contribution in [0.1, 0.15) is 24.4 Å². The van der Waals surface area contributed by atoms with Gasteiger partial charge in [-0.2, -0.15) is 0 Å². The highest BCUT2D eigenvalue weighted by Crippen LogP contribution is 2.29. The molecule has 3 rings (SSSR count). The molecule has 1 unspecified atom stereocenters. The number of aliphatic imine (C=N–C) groups is 1. The molecule has 1 fully saturated rings. The minimum absolute atomic E-state index is 0.489. The molecule has 2 aliphatic heterocycles. The van der Waals surface area contributed by atoms with Crippen LogP contribution < -0.4 is 5.32 Å². The molecule has 0 aromatic heterocycles. The van der Waals surface area contributed by atoms with Crippen molar-refractivity contribution in [3.05, 3.63) is 34.3 Å². The van der Waals surface area contributed by atoms with Crippen LogP contribution in [0.2, 0.25) is 0 Å². The molecular weight excluding hydrogens is 278 g/mol. The van der Waals surface area contributed by atoms with Gasteiger partial charge in [0, 0.05) is 24.1 Å². The quantitative estimate of drug-likeness (QED) is 0.862. The topological polar surface area (TPSA) is 27.6 Å². The van der Waals surface area contributed by atoms with E-state index in [1.54, 1.807) is 0 Å². The van der Waals surface area contributed by atoms with Gasteiger partial charge < -0.3 is 10.2 Å². The van der Waals surface area contributed by atoms with Crippen LogP contribution in [0.5, 0.6) is 0 Å². The maximum atomic E-state index is 4.57. The van der Waals surface area contributed by atoms with Crippen molar-refractivity contribution in [1.82, 2.24) is 10.2 Å². The van der Waals surface area contributed by atoms with Crippen LogP contribution in [-0.4, -0.2) is 30.5 Å². The predicted octanol–water partition coefficient (Wildman–Crippen LogP) is 2.55. The van der Waals surface area contributed by atoms with E-state index in [0.717, 1.165) is 42.9 Å². The maximum absolute atomic E-state index is 4.57. The van der Waals surface area contributed by atoms with Crippen molar-refractivity contribution in [3.8, 4) is 0 Å². The Hall–Kier alpha value is -1.03. The lowest BCUT2D eigenvalue weighted by Crippen LogP contribution is -2.51. The number of hydrogen-bond acceptors (Lipinski definition) is 3. The van der Waals surface area contributed by atoms with E-state index in [-0.39, 0.29) is 0 Å². The lowest BCUT2D eigenvalue weighted by molar-refractivity contribution is 0.253. The summed E-state index contributed by atoms with van der Waals surface area (Å²) in [5.74, 6) is 1.09. The molecule has 0 spiro atoms. The van der Waals surface area contributed by atoms with Gasteiger partial charge in [0.2, 0.25) is 0 Å². The van der Waals surface area contributed by atoms with Crippen molar-refractivity contribution in [3.63, 3.8) is 0 Å². The van der Waals surface area contributed by atoms with Crippen LogP contribution >= 0.6 is 15.9 Å². The van der Waals surface area contributed by atoms with Gasteiger partial charge in [-0.3, -0.25) is 4.99 Å². The standard InChI is InChI=1S/C13H16BrN3/c14-11-4-2-10(3-5-11)12-6-8-16-13-15-7-1-9-17(12)13/h2-5,12H,1,6-9H2,(H,15,16). The molecule has 1 N–H and O–H groups in total. The Labute approximate surface area is 110 Å². The molecule has 4 heteroatoms. The fourth-order valence-electron chi connectivity index (χ4n) is 2.59. The third-order valence-corrected chi connectivity index (χ3v) is 3.95. The number of nitrogens with zero attached hydrogens (tertiary/aromatic N) is 2. The molecule has 1 saturated heterocycles. The number of fused-ring (bicyclic) bond motifs is 1. The Bertz CT molecular complexity index is 427. The molecular formula is C13H16BrN3. The van der Waals surface area contributed by atoms with Crippen LogP contribution in [0.25, 0.3) is 0 Å². The van der Waals surface area contributed by atoms with Crippen molar-refractivity contribution < 1.29 is 0 Å². The van der Waals surface area contributed by atoms with E-state index >= 15 is 0 Å². The second-order valence-electron chi connectivity index (χ2n) is 4.54. The summed E-state index contributed by atoms with van der Waals surface area (Å²) >= 11 is 3.49. The van der Waals surface area contributed by atoms with E-state index in [1.165, 1.54) is 5.56 Å². The van der Waals surface area contributed by atoms with Gasteiger partial charge in [0.15, 0.2) is 5.96 Å². The molecule has 1 aromatic carbocycles. The van der Waals surface area contributed by atoms with E-state index in [4.69, 9.17) is 0 Å². The first-order chi connectivity index (χ1) is 8.34. The number of benzene rings is 1. The normalized spacial score (nSPS) is 23.7. The summed E-state index contributed by atoms with van der Waals surface area (Å²) in [4.78, 5) is 6.98. The molecule has 0 aliphatic carbocycles. The Balaban J connectivity index is 1.88. The van der Waals surface area contributed by atoms with Crippen LogP contribution in [0.15, 0.2) is 33.7 Å². The Morgan fingerprint density at radius 2 is 2.12 bits per heavy atom. The SMILES string of the molecule is Brc1ccc(C2CCNC3=NCCCN32)cc1. The first kappa shape index (κ1) is 11.1. The smallest absolute Gasteiger partial charge is 0.194 e. The van der Waals surface area contributed by atoms with Crippen LogP contribution in [0, 0.1) is 0 Å². The molecule has 90 valence electrons. The number of halogens is 1. The number of guanidine groups is 1. The van der Waals surface area contributed by atoms with E-state index in [1.807, 2.05) is 0 Å². The van der Waals surface area contributed by atoms with E-state index in [9.17, 15) is 0 Å². The summed E-state index contributed by atoms with van der Waals surface area (Å²) in [6, 6.07) is 9.16. The number of hydrogen-bond donors (Lipinski definition) is 1. The second-order valence-corrected chi connectivity index (χ2v) is 5.45. The minimum Gasteiger partial charge on any atom is -0.356 e. The van der Waals surface area contributed by atoms with Gasteiger partial charge in [0.05, 0.1) is 6.04 Å².